The van der Waals surface area contributed by atoms with E-state index in [0.29, 0.717) is 17.5 Å². The maximum Gasteiger partial charge on any atom is 0.306 e. The van der Waals surface area contributed by atoms with Crippen LogP contribution in [-0.2, 0) is 4.79 Å². The lowest BCUT2D eigenvalue weighted by Gasteiger charge is -2.27. The first-order valence-corrected chi connectivity index (χ1v) is 11.8. The predicted molar refractivity (Wildman–Crippen MR) is 125 cm³/mol. The quantitative estimate of drug-likeness (QED) is 0.628. The van der Waals surface area contributed by atoms with Crippen molar-refractivity contribution >= 4 is 17.4 Å². The zero-order valence-electron chi connectivity index (χ0n) is 19.5. The van der Waals surface area contributed by atoms with Gasteiger partial charge in [0.15, 0.2) is 5.75 Å². The molecule has 0 radical (unpaired) electrons. The molecule has 1 saturated heterocycles. The molecule has 5 rings (SSSR count). The minimum atomic E-state index is -0.646. The Morgan fingerprint density at radius 2 is 1.76 bits per heavy atom. The maximum atomic E-state index is 11.2. The van der Waals surface area contributed by atoms with Crippen molar-refractivity contribution in [3.8, 4) is 5.75 Å². The Hall–Kier alpha value is -3.16. The van der Waals surface area contributed by atoms with Crippen molar-refractivity contribution in [2.75, 3.05) is 18.0 Å². The summed E-state index contributed by atoms with van der Waals surface area (Å²) >= 11 is 0. The van der Waals surface area contributed by atoms with Crippen molar-refractivity contribution in [1.82, 2.24) is 19.6 Å². The van der Waals surface area contributed by atoms with Crippen LogP contribution < -0.4 is 9.64 Å². The Morgan fingerprint density at radius 3 is 2.45 bits per heavy atom. The summed E-state index contributed by atoms with van der Waals surface area (Å²) in [6.07, 6.45) is 4.52. The van der Waals surface area contributed by atoms with Gasteiger partial charge in [0.05, 0.1) is 23.9 Å². The molecule has 2 fully saturated rings. The molecule has 0 bridgehead atoms. The van der Waals surface area contributed by atoms with Crippen molar-refractivity contribution in [2.24, 2.45) is 5.92 Å². The molecule has 0 unspecified atom stereocenters. The molecule has 1 N–H and O–H groups in total. The number of hydrogen-bond donors (Lipinski definition) is 1. The highest BCUT2D eigenvalue weighted by Crippen LogP contribution is 2.37. The maximum absolute atomic E-state index is 11.2. The van der Waals surface area contributed by atoms with Crippen molar-refractivity contribution in [3.05, 3.63) is 47.0 Å². The van der Waals surface area contributed by atoms with E-state index < -0.39 is 5.97 Å². The van der Waals surface area contributed by atoms with E-state index in [1.807, 2.05) is 20.8 Å². The molecular formula is C25H31N5O3. The van der Waals surface area contributed by atoms with Crippen molar-refractivity contribution in [1.29, 1.82) is 0 Å². The summed E-state index contributed by atoms with van der Waals surface area (Å²) in [6, 6.07) is 8.83. The van der Waals surface area contributed by atoms with E-state index in [-0.39, 0.29) is 12.0 Å². The average molecular weight is 450 g/mol. The molecule has 1 aliphatic heterocycles. The summed E-state index contributed by atoms with van der Waals surface area (Å²) in [5.41, 5.74) is 4.30. The monoisotopic (exact) mass is 449 g/mol. The summed E-state index contributed by atoms with van der Waals surface area (Å²) in [4.78, 5) is 22.5. The number of carboxylic acids is 1. The zero-order valence-corrected chi connectivity index (χ0v) is 19.5. The SMILES string of the molecule is Cc1nc2nc(C)c(O[C@@H]3CCN(c4ccc([C@H]5CC[C@H](C(=O)O)CC5)cc4)C3)c(C)n2n1. The van der Waals surface area contributed by atoms with Crippen LogP contribution in [0.25, 0.3) is 5.78 Å². The topological polar surface area (TPSA) is 92.9 Å². The molecule has 1 aromatic carbocycles. The summed E-state index contributed by atoms with van der Waals surface area (Å²) in [6.45, 7) is 7.60. The lowest BCUT2D eigenvalue weighted by atomic mass is 9.79. The number of anilines is 1. The van der Waals surface area contributed by atoms with E-state index in [2.05, 4.69) is 44.2 Å². The van der Waals surface area contributed by atoms with Crippen molar-refractivity contribution in [2.45, 2.75) is 64.9 Å². The highest BCUT2D eigenvalue weighted by Gasteiger charge is 2.28. The van der Waals surface area contributed by atoms with Gasteiger partial charge in [-0.1, -0.05) is 12.1 Å². The Bertz CT molecular complexity index is 1160. The van der Waals surface area contributed by atoms with Gasteiger partial charge in [0.1, 0.15) is 11.9 Å². The van der Waals surface area contributed by atoms with Crippen LogP contribution in [0.5, 0.6) is 5.75 Å². The molecule has 0 spiro atoms. The molecule has 2 aromatic heterocycles. The third kappa shape index (κ3) is 4.26. The molecule has 1 aliphatic carbocycles. The van der Waals surface area contributed by atoms with E-state index in [1.54, 1.807) is 4.52 Å². The fourth-order valence-corrected chi connectivity index (χ4v) is 5.29. The number of aliphatic carboxylic acids is 1. The number of hydrogen-bond acceptors (Lipinski definition) is 6. The van der Waals surface area contributed by atoms with Crippen LogP contribution in [0.2, 0.25) is 0 Å². The molecular weight excluding hydrogens is 418 g/mol. The zero-order chi connectivity index (χ0) is 23.1. The molecule has 3 heterocycles. The van der Waals surface area contributed by atoms with Crippen molar-refractivity contribution in [3.63, 3.8) is 0 Å². The number of aryl methyl sites for hydroxylation is 3. The van der Waals surface area contributed by atoms with Gasteiger partial charge in [0.2, 0.25) is 0 Å². The van der Waals surface area contributed by atoms with E-state index in [9.17, 15) is 9.90 Å². The first-order chi connectivity index (χ1) is 15.9. The number of fused-ring (bicyclic) bond motifs is 1. The molecule has 1 atom stereocenters. The molecule has 8 heteroatoms. The minimum absolute atomic E-state index is 0.0947. The average Bonchev–Trinajstić information content (AvgIpc) is 3.43. The lowest BCUT2D eigenvalue weighted by Crippen LogP contribution is -2.25. The third-order valence-corrected chi connectivity index (χ3v) is 7.17. The van der Waals surface area contributed by atoms with E-state index in [4.69, 9.17) is 4.74 Å². The van der Waals surface area contributed by atoms with Gasteiger partial charge in [0, 0.05) is 18.7 Å². The number of carboxylic acid groups (broad SMARTS) is 1. The van der Waals surface area contributed by atoms with E-state index >= 15 is 0 Å². The summed E-state index contributed by atoms with van der Waals surface area (Å²) < 4.78 is 8.17. The Kier molecular flexibility index (Phi) is 5.68. The van der Waals surface area contributed by atoms with Gasteiger partial charge in [0.25, 0.3) is 5.78 Å². The highest BCUT2D eigenvalue weighted by molar-refractivity contribution is 5.70. The second-order valence-corrected chi connectivity index (χ2v) is 9.44. The van der Waals surface area contributed by atoms with Crippen LogP contribution in [0.3, 0.4) is 0 Å². The van der Waals surface area contributed by atoms with Crippen LogP contribution in [0.15, 0.2) is 24.3 Å². The first kappa shape index (κ1) is 21.7. The van der Waals surface area contributed by atoms with Crippen LogP contribution in [-0.4, -0.2) is 49.9 Å². The highest BCUT2D eigenvalue weighted by atomic mass is 16.5. The predicted octanol–water partition coefficient (Wildman–Crippen LogP) is 4.07. The van der Waals surface area contributed by atoms with Gasteiger partial charge in [-0.15, -0.1) is 5.10 Å². The Balaban J connectivity index is 1.23. The molecule has 33 heavy (non-hydrogen) atoms. The van der Waals surface area contributed by atoms with Gasteiger partial charge < -0.3 is 14.7 Å². The van der Waals surface area contributed by atoms with Crippen LogP contribution >= 0.6 is 0 Å². The molecule has 3 aromatic rings. The standard InChI is InChI=1S/C25H31N5O3/c1-15-23(16(2)30-25(26-15)27-17(3)28-30)33-22-12-13-29(14-22)21-10-8-19(9-11-21)18-4-6-20(7-5-18)24(31)32/h8-11,18,20,22H,4-7,12-14H2,1-3H3,(H,31,32)/t18-,20-,22-/m1/s1. The number of carbonyl (C=O) groups is 1. The minimum Gasteiger partial charge on any atom is -0.485 e. The second kappa shape index (κ2) is 8.65. The first-order valence-electron chi connectivity index (χ1n) is 11.8. The van der Waals surface area contributed by atoms with Crippen molar-refractivity contribution < 1.29 is 14.6 Å². The summed E-state index contributed by atoms with van der Waals surface area (Å²) in [5.74, 6) is 1.77. The Labute approximate surface area is 193 Å². The smallest absolute Gasteiger partial charge is 0.306 e. The normalized spacial score (nSPS) is 23.2. The van der Waals surface area contributed by atoms with Crippen LogP contribution in [0.1, 0.15) is 60.8 Å². The number of aromatic nitrogens is 4. The van der Waals surface area contributed by atoms with Crippen LogP contribution in [0, 0.1) is 26.7 Å². The molecule has 2 aliphatic rings. The Morgan fingerprint density at radius 1 is 1.03 bits per heavy atom. The van der Waals surface area contributed by atoms with E-state index in [1.165, 1.54) is 11.3 Å². The van der Waals surface area contributed by atoms with Gasteiger partial charge in [-0.25, -0.2) is 4.98 Å². The number of nitrogens with zero attached hydrogens (tertiary/aromatic N) is 5. The molecule has 0 amide bonds. The van der Waals surface area contributed by atoms with Gasteiger partial charge >= 0.3 is 5.97 Å². The lowest BCUT2D eigenvalue weighted by molar-refractivity contribution is -0.142. The largest absolute Gasteiger partial charge is 0.485 e. The number of benzene rings is 1. The molecule has 8 nitrogen and oxygen atoms in total. The van der Waals surface area contributed by atoms with Gasteiger partial charge in [-0.2, -0.15) is 9.50 Å². The van der Waals surface area contributed by atoms with Gasteiger partial charge in [-0.3, -0.25) is 4.79 Å². The summed E-state index contributed by atoms with van der Waals surface area (Å²) in [7, 11) is 0. The van der Waals surface area contributed by atoms with E-state index in [0.717, 1.165) is 62.3 Å². The molecule has 174 valence electrons. The number of rotatable bonds is 5. The number of ether oxygens (including phenoxy) is 1. The van der Waals surface area contributed by atoms with Crippen LogP contribution in [0.4, 0.5) is 5.69 Å². The van der Waals surface area contributed by atoms with Gasteiger partial charge in [-0.05, 0) is 70.1 Å². The third-order valence-electron chi connectivity index (χ3n) is 7.17. The fraction of sp³-hybridized carbons (Fsp3) is 0.520. The second-order valence-electron chi connectivity index (χ2n) is 9.44. The summed E-state index contributed by atoms with van der Waals surface area (Å²) in [5, 5.41) is 13.7. The molecule has 1 saturated carbocycles. The fourth-order valence-electron chi connectivity index (χ4n) is 5.29.